The van der Waals surface area contributed by atoms with Crippen molar-refractivity contribution in [2.45, 2.75) is 75.7 Å². The highest BCUT2D eigenvalue weighted by Crippen LogP contribution is 2.43. The van der Waals surface area contributed by atoms with E-state index in [9.17, 15) is 5.11 Å². The van der Waals surface area contributed by atoms with Gasteiger partial charge < -0.3 is 5.11 Å². The lowest BCUT2D eigenvalue weighted by Gasteiger charge is -2.21. The molecule has 0 spiro atoms. The number of benzene rings is 4. The van der Waals surface area contributed by atoms with Crippen molar-refractivity contribution in [2.24, 2.45) is 5.92 Å². The third-order valence-electron chi connectivity index (χ3n) is 7.82. The molecule has 0 saturated carbocycles. The number of hydrogen-bond donors (Lipinski definition) is 1. The maximum absolute atomic E-state index is 11.1. The molecule has 0 radical (unpaired) electrons. The molecular formula is C46H58O. The van der Waals surface area contributed by atoms with E-state index in [-0.39, 0.29) is 11.7 Å². The summed E-state index contributed by atoms with van der Waals surface area (Å²) in [6.45, 7) is 28.0. The summed E-state index contributed by atoms with van der Waals surface area (Å²) in [7, 11) is 0. The molecule has 4 rings (SSSR count). The fraction of sp³-hybridized carbons (Fsp3) is 0.261. The molecule has 1 unspecified atom stereocenters. The Morgan fingerprint density at radius 2 is 1.23 bits per heavy atom. The maximum atomic E-state index is 11.1. The molecule has 0 amide bonds. The molecule has 4 aromatic rings. The standard InChI is InChI=1S/C38H38O.C4H8.2C2H6/c1-7-16-32(26(5)9-3)38(39)27(6)28-22-24-30(25-23-28)36-31(10-4)33(17-8-2)37(29-18-12-11-13-19-29)35-21-15-14-20-34(35)36;1-3-4-2;2*1-2/h7-9,11-26,39H,1,3,10H2,2,4-6H3;3-4H,1-2H3;2*1-2H3/b17-8-,32-16-,38-27-;4-3-;;. The first kappa shape index (κ1) is 40.4. The molecule has 0 saturated heterocycles. The Hall–Kier alpha value is -4.62. The first-order valence-electron chi connectivity index (χ1n) is 17.2. The Morgan fingerprint density at radius 3 is 1.70 bits per heavy atom. The quantitative estimate of drug-likeness (QED) is 0.111. The number of allylic oxidation sites excluding steroid dienone is 8. The lowest BCUT2D eigenvalue weighted by Crippen LogP contribution is -2.01. The van der Waals surface area contributed by atoms with E-state index < -0.39 is 0 Å². The normalized spacial score (nSPS) is 12.2. The summed E-state index contributed by atoms with van der Waals surface area (Å²) in [6.07, 6.45) is 14.7. The predicted molar refractivity (Wildman–Crippen MR) is 215 cm³/mol. The summed E-state index contributed by atoms with van der Waals surface area (Å²) in [4.78, 5) is 0. The van der Waals surface area contributed by atoms with Gasteiger partial charge in [-0.3, -0.25) is 0 Å². The van der Waals surface area contributed by atoms with Crippen LogP contribution in [0.1, 0.15) is 85.9 Å². The summed E-state index contributed by atoms with van der Waals surface area (Å²) < 4.78 is 0. The molecule has 47 heavy (non-hydrogen) atoms. The smallest absolute Gasteiger partial charge is 0.122 e. The van der Waals surface area contributed by atoms with E-state index in [0.717, 1.165) is 23.1 Å². The summed E-state index contributed by atoms with van der Waals surface area (Å²) in [6, 6.07) is 28.0. The van der Waals surface area contributed by atoms with Crippen molar-refractivity contribution in [1.82, 2.24) is 0 Å². The number of rotatable bonds is 9. The van der Waals surface area contributed by atoms with Crippen molar-refractivity contribution in [2.75, 3.05) is 0 Å². The van der Waals surface area contributed by atoms with Crippen molar-refractivity contribution in [1.29, 1.82) is 0 Å². The van der Waals surface area contributed by atoms with Gasteiger partial charge in [-0.1, -0.05) is 170 Å². The summed E-state index contributed by atoms with van der Waals surface area (Å²) >= 11 is 0. The Labute approximate surface area is 287 Å². The van der Waals surface area contributed by atoms with E-state index in [1.54, 1.807) is 6.08 Å². The zero-order valence-electron chi connectivity index (χ0n) is 30.7. The summed E-state index contributed by atoms with van der Waals surface area (Å²) in [5.74, 6) is 0.293. The Kier molecular flexibility index (Phi) is 18.9. The van der Waals surface area contributed by atoms with Crippen LogP contribution in [-0.2, 0) is 6.42 Å². The van der Waals surface area contributed by atoms with Crippen LogP contribution in [-0.4, -0.2) is 5.11 Å². The van der Waals surface area contributed by atoms with Gasteiger partial charge in [0, 0.05) is 11.5 Å². The van der Waals surface area contributed by atoms with E-state index in [1.165, 1.54) is 44.2 Å². The van der Waals surface area contributed by atoms with Crippen LogP contribution in [0.15, 0.2) is 140 Å². The molecule has 0 aliphatic heterocycles. The van der Waals surface area contributed by atoms with Gasteiger partial charge >= 0.3 is 0 Å². The molecule has 0 heterocycles. The first-order chi connectivity index (χ1) is 22.9. The van der Waals surface area contributed by atoms with Crippen LogP contribution in [0.2, 0.25) is 0 Å². The molecule has 1 nitrogen and oxygen atoms in total. The summed E-state index contributed by atoms with van der Waals surface area (Å²) in [5, 5.41) is 13.6. The van der Waals surface area contributed by atoms with Crippen molar-refractivity contribution < 1.29 is 5.11 Å². The molecule has 248 valence electrons. The van der Waals surface area contributed by atoms with Crippen LogP contribution in [0.5, 0.6) is 0 Å². The average molecular weight is 627 g/mol. The second kappa shape index (κ2) is 22.0. The van der Waals surface area contributed by atoms with Crippen LogP contribution < -0.4 is 0 Å². The highest BCUT2D eigenvalue weighted by molar-refractivity contribution is 6.09. The lowest BCUT2D eigenvalue weighted by molar-refractivity contribution is 0.416. The van der Waals surface area contributed by atoms with Gasteiger partial charge in [0.05, 0.1) is 0 Å². The van der Waals surface area contributed by atoms with Gasteiger partial charge in [0.25, 0.3) is 0 Å². The topological polar surface area (TPSA) is 20.2 Å². The SMILES string of the molecule is C/C=C\C.C=C/C=C(\C(O)=C(/C)c1ccc(-c2c(CC)c(/C=C\C)c(-c3ccccc3)c3ccccc23)cc1)C(C)C=C.CC.CC. The van der Waals surface area contributed by atoms with E-state index in [0.29, 0.717) is 0 Å². The van der Waals surface area contributed by atoms with Crippen LogP contribution >= 0.6 is 0 Å². The van der Waals surface area contributed by atoms with Crippen LogP contribution in [0.3, 0.4) is 0 Å². The van der Waals surface area contributed by atoms with E-state index in [2.05, 4.69) is 118 Å². The third kappa shape index (κ3) is 10.2. The van der Waals surface area contributed by atoms with Gasteiger partial charge in [-0.05, 0) is 89.4 Å². The fourth-order valence-electron chi connectivity index (χ4n) is 5.42. The highest BCUT2D eigenvalue weighted by atomic mass is 16.3. The Morgan fingerprint density at radius 1 is 0.723 bits per heavy atom. The van der Waals surface area contributed by atoms with E-state index >= 15 is 0 Å². The molecule has 0 fully saturated rings. The third-order valence-corrected chi connectivity index (χ3v) is 7.82. The predicted octanol–water partition coefficient (Wildman–Crippen LogP) is 14.6. The minimum atomic E-state index is 0.0175. The highest BCUT2D eigenvalue weighted by Gasteiger charge is 2.19. The molecule has 4 aromatic carbocycles. The van der Waals surface area contributed by atoms with Gasteiger partial charge in [-0.25, -0.2) is 0 Å². The minimum absolute atomic E-state index is 0.0175. The largest absolute Gasteiger partial charge is 0.507 e. The zero-order chi connectivity index (χ0) is 35.4. The second-order valence-corrected chi connectivity index (χ2v) is 10.5. The average Bonchev–Trinajstić information content (AvgIpc) is 3.14. The Balaban J connectivity index is 0.00000126. The molecule has 0 aliphatic rings. The maximum Gasteiger partial charge on any atom is 0.122 e. The number of hydrogen-bond acceptors (Lipinski definition) is 1. The lowest BCUT2D eigenvalue weighted by atomic mass is 9.82. The van der Waals surface area contributed by atoms with Crippen molar-refractivity contribution in [3.8, 4) is 22.3 Å². The monoisotopic (exact) mass is 626 g/mol. The van der Waals surface area contributed by atoms with Gasteiger partial charge in [0.1, 0.15) is 5.76 Å². The molecule has 0 aromatic heterocycles. The Bertz CT molecular complexity index is 1650. The molecule has 0 bridgehead atoms. The minimum Gasteiger partial charge on any atom is -0.507 e. The van der Waals surface area contributed by atoms with Crippen molar-refractivity contribution >= 4 is 22.4 Å². The van der Waals surface area contributed by atoms with Gasteiger partial charge in [-0.2, -0.15) is 0 Å². The van der Waals surface area contributed by atoms with Gasteiger partial charge in [-0.15, -0.1) is 6.58 Å². The van der Waals surface area contributed by atoms with Gasteiger partial charge in [0.2, 0.25) is 0 Å². The number of aliphatic hydroxyl groups is 1. The van der Waals surface area contributed by atoms with Crippen LogP contribution in [0, 0.1) is 5.92 Å². The van der Waals surface area contributed by atoms with Crippen molar-refractivity contribution in [3.63, 3.8) is 0 Å². The van der Waals surface area contributed by atoms with Gasteiger partial charge in [0.15, 0.2) is 0 Å². The molecular weight excluding hydrogens is 569 g/mol. The number of fused-ring (bicyclic) bond motifs is 1. The molecule has 0 aliphatic carbocycles. The second-order valence-electron chi connectivity index (χ2n) is 10.5. The number of aliphatic hydroxyl groups excluding tert-OH is 1. The molecule has 1 N–H and O–H groups in total. The summed E-state index contributed by atoms with van der Waals surface area (Å²) in [5.41, 5.74) is 10.2. The van der Waals surface area contributed by atoms with E-state index in [1.807, 2.05) is 79.7 Å². The van der Waals surface area contributed by atoms with E-state index in [4.69, 9.17) is 0 Å². The molecule has 1 heteroatoms. The van der Waals surface area contributed by atoms with Crippen molar-refractivity contribution in [3.05, 3.63) is 156 Å². The molecule has 1 atom stereocenters. The first-order valence-corrected chi connectivity index (χ1v) is 17.2. The fourth-order valence-corrected chi connectivity index (χ4v) is 5.42. The zero-order valence-corrected chi connectivity index (χ0v) is 30.7. The van der Waals surface area contributed by atoms with Crippen LogP contribution in [0.25, 0.3) is 44.7 Å². The van der Waals surface area contributed by atoms with Crippen LogP contribution in [0.4, 0.5) is 0 Å².